The van der Waals surface area contributed by atoms with E-state index in [1.807, 2.05) is 0 Å². The van der Waals surface area contributed by atoms with Gasteiger partial charge in [0, 0.05) is 6.42 Å². The number of nitrogens with one attached hydrogen (secondary N) is 1. The molecule has 0 bridgehead atoms. The van der Waals surface area contributed by atoms with Crippen molar-refractivity contribution < 1.29 is 28.2 Å². The third-order valence-corrected chi connectivity index (χ3v) is 2.85. The molecule has 0 heterocycles. The summed E-state index contributed by atoms with van der Waals surface area (Å²) in [6, 6.07) is 3.09. The smallest absolute Gasteiger partial charge is 0.408 e. The fraction of sp³-hybridized carbons (Fsp3) is 0.500. The van der Waals surface area contributed by atoms with Crippen molar-refractivity contribution in [3.63, 3.8) is 0 Å². The number of amides is 1. The van der Waals surface area contributed by atoms with Gasteiger partial charge in [-0.2, -0.15) is 0 Å². The van der Waals surface area contributed by atoms with Crippen LogP contribution in [0.2, 0.25) is 0 Å². The van der Waals surface area contributed by atoms with Crippen LogP contribution in [-0.4, -0.2) is 37.9 Å². The van der Waals surface area contributed by atoms with Gasteiger partial charge in [-0.25, -0.2) is 14.0 Å². The van der Waals surface area contributed by atoms with Crippen LogP contribution in [0, 0.1) is 5.82 Å². The van der Waals surface area contributed by atoms with Gasteiger partial charge in [0.05, 0.1) is 14.2 Å². The monoisotopic (exact) mass is 327 g/mol. The summed E-state index contributed by atoms with van der Waals surface area (Å²) in [5.74, 6) is -0.758. The summed E-state index contributed by atoms with van der Waals surface area (Å²) in [4.78, 5) is 23.7. The molecule has 7 heteroatoms. The number of rotatable bonds is 5. The van der Waals surface area contributed by atoms with Crippen LogP contribution in [0.3, 0.4) is 0 Å². The van der Waals surface area contributed by atoms with Crippen LogP contribution < -0.4 is 10.1 Å². The van der Waals surface area contributed by atoms with Gasteiger partial charge in [0.15, 0.2) is 0 Å². The first-order valence-corrected chi connectivity index (χ1v) is 7.06. The van der Waals surface area contributed by atoms with Crippen molar-refractivity contribution in [1.82, 2.24) is 5.32 Å². The van der Waals surface area contributed by atoms with E-state index in [1.54, 1.807) is 20.8 Å². The Morgan fingerprint density at radius 3 is 2.43 bits per heavy atom. The maximum Gasteiger partial charge on any atom is 0.408 e. The molecule has 1 N–H and O–H groups in total. The van der Waals surface area contributed by atoms with Crippen LogP contribution in [-0.2, 0) is 20.7 Å². The standard InChI is InChI=1S/C16H22FNO5/c1-16(2,3)23-15(20)18-13(14(19)22-5)9-10-8-11(21-4)6-7-12(10)17/h6-8,13H,9H2,1-5H3,(H,18,20). The Bertz CT molecular complexity index is 568. The van der Waals surface area contributed by atoms with Gasteiger partial charge < -0.3 is 19.5 Å². The molecule has 0 saturated carbocycles. The minimum Gasteiger partial charge on any atom is -0.497 e. The first-order valence-electron chi connectivity index (χ1n) is 7.06. The minimum absolute atomic E-state index is 0.0883. The molecule has 0 aliphatic heterocycles. The molecule has 1 aromatic rings. The Kier molecular flexibility index (Phi) is 6.36. The molecule has 128 valence electrons. The number of methoxy groups -OCH3 is 2. The predicted octanol–water partition coefficient (Wildman–Crippen LogP) is 2.44. The fourth-order valence-electron chi connectivity index (χ4n) is 1.84. The van der Waals surface area contributed by atoms with E-state index in [9.17, 15) is 14.0 Å². The molecule has 1 amide bonds. The van der Waals surface area contributed by atoms with E-state index in [1.165, 1.54) is 32.4 Å². The Morgan fingerprint density at radius 1 is 1.26 bits per heavy atom. The molecule has 0 aromatic heterocycles. The van der Waals surface area contributed by atoms with E-state index in [2.05, 4.69) is 10.1 Å². The topological polar surface area (TPSA) is 73.9 Å². The molecular formula is C16H22FNO5. The first kappa shape index (κ1) is 18.7. The van der Waals surface area contributed by atoms with E-state index in [-0.39, 0.29) is 12.0 Å². The highest BCUT2D eigenvalue weighted by molar-refractivity contribution is 5.81. The quantitative estimate of drug-likeness (QED) is 0.841. The lowest BCUT2D eigenvalue weighted by Gasteiger charge is -2.22. The Morgan fingerprint density at radius 2 is 1.91 bits per heavy atom. The van der Waals surface area contributed by atoms with Crippen molar-refractivity contribution in [3.05, 3.63) is 29.6 Å². The van der Waals surface area contributed by atoms with Crippen molar-refractivity contribution >= 4 is 12.1 Å². The molecule has 1 unspecified atom stereocenters. The summed E-state index contributed by atoms with van der Waals surface area (Å²) in [5, 5.41) is 2.39. The van der Waals surface area contributed by atoms with Crippen LogP contribution in [0.25, 0.3) is 0 Å². The van der Waals surface area contributed by atoms with Crippen LogP contribution in [0.15, 0.2) is 18.2 Å². The summed E-state index contributed by atoms with van der Waals surface area (Å²) in [6.45, 7) is 5.09. The SMILES string of the molecule is COC(=O)C(Cc1cc(OC)ccc1F)NC(=O)OC(C)(C)C. The predicted molar refractivity (Wildman–Crippen MR) is 81.8 cm³/mol. The average molecular weight is 327 g/mol. The van der Waals surface area contributed by atoms with Crippen molar-refractivity contribution in [3.8, 4) is 5.75 Å². The van der Waals surface area contributed by atoms with Gasteiger partial charge in [0.1, 0.15) is 23.2 Å². The molecule has 0 fully saturated rings. The average Bonchev–Trinajstić information content (AvgIpc) is 2.45. The van der Waals surface area contributed by atoms with Crippen LogP contribution in [0.1, 0.15) is 26.3 Å². The van der Waals surface area contributed by atoms with Gasteiger partial charge in [-0.15, -0.1) is 0 Å². The normalized spacial score (nSPS) is 12.3. The van der Waals surface area contributed by atoms with Gasteiger partial charge in [-0.05, 0) is 44.5 Å². The van der Waals surface area contributed by atoms with E-state index < -0.39 is 29.5 Å². The molecule has 6 nitrogen and oxygen atoms in total. The fourth-order valence-corrected chi connectivity index (χ4v) is 1.84. The van der Waals surface area contributed by atoms with Crippen LogP contribution in [0.5, 0.6) is 5.75 Å². The summed E-state index contributed by atoms with van der Waals surface area (Å²) in [7, 11) is 2.64. The molecule has 1 rings (SSSR count). The van der Waals surface area contributed by atoms with Crippen molar-refractivity contribution in [1.29, 1.82) is 0 Å². The molecule has 1 atom stereocenters. The maximum absolute atomic E-state index is 13.9. The van der Waals surface area contributed by atoms with Gasteiger partial charge in [-0.1, -0.05) is 0 Å². The molecule has 23 heavy (non-hydrogen) atoms. The van der Waals surface area contributed by atoms with Gasteiger partial charge in [-0.3, -0.25) is 0 Å². The number of hydrogen-bond donors (Lipinski definition) is 1. The Labute approximate surface area is 134 Å². The second-order valence-electron chi connectivity index (χ2n) is 5.88. The van der Waals surface area contributed by atoms with E-state index in [0.29, 0.717) is 5.75 Å². The summed E-state index contributed by atoms with van der Waals surface area (Å²) in [6.07, 6.45) is -0.870. The van der Waals surface area contributed by atoms with Crippen molar-refractivity contribution in [2.75, 3.05) is 14.2 Å². The van der Waals surface area contributed by atoms with Gasteiger partial charge >= 0.3 is 12.1 Å². The van der Waals surface area contributed by atoms with E-state index in [4.69, 9.17) is 9.47 Å². The lowest BCUT2D eigenvalue weighted by Crippen LogP contribution is -2.45. The third kappa shape index (κ3) is 6.14. The van der Waals surface area contributed by atoms with E-state index in [0.717, 1.165) is 0 Å². The summed E-state index contributed by atoms with van der Waals surface area (Å²) < 4.78 is 28.7. The lowest BCUT2D eigenvalue weighted by molar-refractivity contribution is -0.143. The van der Waals surface area contributed by atoms with Crippen LogP contribution in [0.4, 0.5) is 9.18 Å². The number of alkyl carbamates (subject to hydrolysis) is 1. The highest BCUT2D eigenvalue weighted by Crippen LogP contribution is 2.18. The minimum atomic E-state index is -1.07. The zero-order valence-electron chi connectivity index (χ0n) is 13.9. The van der Waals surface area contributed by atoms with Crippen molar-refractivity contribution in [2.24, 2.45) is 0 Å². The number of esters is 1. The second-order valence-corrected chi connectivity index (χ2v) is 5.88. The van der Waals surface area contributed by atoms with Gasteiger partial charge in [0.2, 0.25) is 0 Å². The number of benzene rings is 1. The van der Waals surface area contributed by atoms with Gasteiger partial charge in [0.25, 0.3) is 0 Å². The lowest BCUT2D eigenvalue weighted by atomic mass is 10.0. The van der Waals surface area contributed by atoms with Crippen molar-refractivity contribution in [2.45, 2.75) is 38.8 Å². The number of ether oxygens (including phenoxy) is 3. The molecular weight excluding hydrogens is 305 g/mol. The molecule has 0 aliphatic carbocycles. The Balaban J connectivity index is 2.91. The largest absolute Gasteiger partial charge is 0.497 e. The highest BCUT2D eigenvalue weighted by atomic mass is 19.1. The molecule has 0 spiro atoms. The summed E-state index contributed by atoms with van der Waals surface area (Å²) >= 11 is 0. The molecule has 0 saturated heterocycles. The number of hydrogen-bond acceptors (Lipinski definition) is 5. The number of carbonyl (C=O) groups is 2. The van der Waals surface area contributed by atoms with E-state index >= 15 is 0 Å². The third-order valence-electron chi connectivity index (χ3n) is 2.85. The maximum atomic E-state index is 13.9. The second kappa shape index (κ2) is 7.80. The highest BCUT2D eigenvalue weighted by Gasteiger charge is 2.26. The molecule has 0 aliphatic rings. The zero-order chi connectivity index (χ0) is 17.6. The Hall–Kier alpha value is -2.31. The first-order chi connectivity index (χ1) is 10.7. The zero-order valence-corrected chi connectivity index (χ0v) is 13.9. The number of carbonyl (C=O) groups excluding carboxylic acids is 2. The van der Waals surface area contributed by atoms with Crippen LogP contribution >= 0.6 is 0 Å². The molecule has 0 radical (unpaired) electrons. The number of halogens is 1. The molecule has 1 aromatic carbocycles. The summed E-state index contributed by atoms with van der Waals surface area (Å²) in [5.41, 5.74) is -0.498.